The van der Waals surface area contributed by atoms with Crippen molar-refractivity contribution in [3.8, 4) is 0 Å². The average Bonchev–Trinajstić information content (AvgIpc) is 2.80. The molecule has 1 aliphatic rings. The molecule has 2 aromatic carbocycles. The summed E-state index contributed by atoms with van der Waals surface area (Å²) in [6.07, 6.45) is 0.891. The lowest BCUT2D eigenvalue weighted by molar-refractivity contribution is -0.119. The summed E-state index contributed by atoms with van der Waals surface area (Å²) in [7, 11) is 0. The number of hydrogen-bond acceptors (Lipinski definition) is 4. The molecule has 0 bridgehead atoms. The van der Waals surface area contributed by atoms with Gasteiger partial charge in [-0.3, -0.25) is 9.36 Å². The first-order chi connectivity index (χ1) is 12.5. The third-order valence-electron chi connectivity index (χ3n) is 4.47. The Balaban J connectivity index is 1.69. The fraction of sp³-hybridized carbons (Fsp3) is 0.263. The molecule has 0 radical (unpaired) electrons. The van der Waals surface area contributed by atoms with Gasteiger partial charge >= 0.3 is 5.76 Å². The van der Waals surface area contributed by atoms with Crippen molar-refractivity contribution in [3.05, 3.63) is 58.0 Å². The predicted octanol–water partition coefficient (Wildman–Crippen LogP) is 4.17. The van der Waals surface area contributed by atoms with Crippen molar-refractivity contribution in [3.63, 3.8) is 0 Å². The number of nitrogens with zero attached hydrogens (tertiary/aromatic N) is 2. The first-order valence-corrected chi connectivity index (χ1v) is 9.63. The Labute approximate surface area is 159 Å². The SMILES string of the molecule is C[C@@H]1CCN(C(=O)Cn2c(=O)oc3cc(Cl)ccc32)c2ccccc2S1. The number of halogens is 1. The molecular formula is C19H17ClN2O3S. The van der Waals surface area contributed by atoms with Crippen molar-refractivity contribution in [1.82, 2.24) is 4.57 Å². The minimum atomic E-state index is -0.554. The minimum absolute atomic E-state index is 0.0686. The highest BCUT2D eigenvalue weighted by Crippen LogP contribution is 2.37. The molecule has 0 spiro atoms. The number of fused-ring (bicyclic) bond motifs is 2. The topological polar surface area (TPSA) is 55.5 Å². The van der Waals surface area contributed by atoms with E-state index in [9.17, 15) is 9.59 Å². The van der Waals surface area contributed by atoms with E-state index in [1.807, 2.05) is 24.3 Å². The lowest BCUT2D eigenvalue weighted by Gasteiger charge is -2.22. The Morgan fingerprint density at radius 3 is 2.96 bits per heavy atom. The van der Waals surface area contributed by atoms with Gasteiger partial charge in [0.05, 0.1) is 11.2 Å². The van der Waals surface area contributed by atoms with E-state index in [4.69, 9.17) is 16.0 Å². The number of amides is 1. The zero-order valence-electron chi connectivity index (χ0n) is 14.1. The second-order valence-electron chi connectivity index (χ2n) is 6.30. The molecule has 1 aliphatic heterocycles. The van der Waals surface area contributed by atoms with E-state index >= 15 is 0 Å². The van der Waals surface area contributed by atoms with Crippen molar-refractivity contribution >= 4 is 46.1 Å². The van der Waals surface area contributed by atoms with E-state index in [0.29, 0.717) is 27.9 Å². The smallest absolute Gasteiger partial charge is 0.408 e. The summed E-state index contributed by atoms with van der Waals surface area (Å²) in [5.74, 6) is -0.687. The standard InChI is InChI=1S/C19H17ClN2O3S/c1-12-8-9-21(15-4-2-3-5-17(15)26-12)18(23)11-22-14-7-6-13(20)10-16(14)25-19(22)24/h2-7,10,12H,8-9,11H2,1H3/t12-/m1/s1. The molecule has 2 heterocycles. The molecule has 26 heavy (non-hydrogen) atoms. The van der Waals surface area contributed by atoms with Crippen LogP contribution < -0.4 is 10.7 Å². The van der Waals surface area contributed by atoms with Crippen LogP contribution in [-0.4, -0.2) is 22.3 Å². The summed E-state index contributed by atoms with van der Waals surface area (Å²) >= 11 is 7.72. The van der Waals surface area contributed by atoms with Crippen molar-refractivity contribution in [2.24, 2.45) is 0 Å². The lowest BCUT2D eigenvalue weighted by atomic mass is 10.2. The molecule has 0 saturated carbocycles. The summed E-state index contributed by atoms with van der Waals surface area (Å²) < 4.78 is 6.59. The third-order valence-corrected chi connectivity index (χ3v) is 5.94. The van der Waals surface area contributed by atoms with E-state index in [1.54, 1.807) is 34.9 Å². The average molecular weight is 389 g/mol. The summed E-state index contributed by atoms with van der Waals surface area (Å²) in [5, 5.41) is 0.908. The highest BCUT2D eigenvalue weighted by atomic mass is 35.5. The van der Waals surface area contributed by atoms with Crippen LogP contribution >= 0.6 is 23.4 Å². The zero-order valence-corrected chi connectivity index (χ0v) is 15.7. The van der Waals surface area contributed by atoms with Crippen LogP contribution in [0.5, 0.6) is 0 Å². The number of benzene rings is 2. The van der Waals surface area contributed by atoms with Crippen molar-refractivity contribution in [1.29, 1.82) is 0 Å². The van der Waals surface area contributed by atoms with Crippen LogP contribution in [0, 0.1) is 0 Å². The Morgan fingerprint density at radius 1 is 1.31 bits per heavy atom. The summed E-state index contributed by atoms with van der Waals surface area (Å²) in [6, 6.07) is 12.8. The predicted molar refractivity (Wildman–Crippen MR) is 104 cm³/mol. The molecule has 0 fully saturated rings. The second kappa shape index (κ2) is 6.85. The number of anilines is 1. The van der Waals surface area contributed by atoms with Gasteiger partial charge in [-0.2, -0.15) is 0 Å². The van der Waals surface area contributed by atoms with Gasteiger partial charge in [-0.15, -0.1) is 11.8 Å². The Bertz CT molecular complexity index is 1040. The van der Waals surface area contributed by atoms with Crippen molar-refractivity contribution in [2.45, 2.75) is 30.0 Å². The summed E-state index contributed by atoms with van der Waals surface area (Å²) in [6.45, 7) is 2.72. The van der Waals surface area contributed by atoms with Gasteiger partial charge in [0.25, 0.3) is 0 Å². The molecule has 0 N–H and O–H groups in total. The lowest BCUT2D eigenvalue weighted by Crippen LogP contribution is -2.36. The molecule has 1 atom stereocenters. The minimum Gasteiger partial charge on any atom is -0.408 e. The molecule has 4 rings (SSSR count). The first kappa shape index (κ1) is 17.2. The largest absolute Gasteiger partial charge is 0.420 e. The maximum absolute atomic E-state index is 13.0. The Morgan fingerprint density at radius 2 is 2.12 bits per heavy atom. The number of thioether (sulfide) groups is 1. The van der Waals surface area contributed by atoms with Crippen LogP contribution in [0.25, 0.3) is 11.1 Å². The second-order valence-corrected chi connectivity index (χ2v) is 8.21. The first-order valence-electron chi connectivity index (χ1n) is 8.38. The van der Waals surface area contributed by atoms with Crippen LogP contribution in [0.15, 0.2) is 56.6 Å². The Kier molecular flexibility index (Phi) is 4.54. The van der Waals surface area contributed by atoms with Gasteiger partial charge in [0.1, 0.15) is 6.54 Å². The molecule has 3 aromatic rings. The van der Waals surface area contributed by atoms with Gasteiger partial charge in [0.2, 0.25) is 5.91 Å². The van der Waals surface area contributed by atoms with E-state index in [-0.39, 0.29) is 12.5 Å². The zero-order chi connectivity index (χ0) is 18.3. The van der Waals surface area contributed by atoms with E-state index in [2.05, 4.69) is 6.92 Å². The van der Waals surface area contributed by atoms with Gasteiger partial charge in [-0.1, -0.05) is 30.7 Å². The van der Waals surface area contributed by atoms with Crippen LogP contribution in [0.4, 0.5) is 5.69 Å². The summed E-state index contributed by atoms with van der Waals surface area (Å²) in [5.41, 5.74) is 1.85. The third kappa shape index (κ3) is 3.15. The number of oxazole rings is 1. The Hall–Kier alpha value is -2.18. The van der Waals surface area contributed by atoms with Gasteiger partial charge in [-0.05, 0) is 30.7 Å². The highest BCUT2D eigenvalue weighted by molar-refractivity contribution is 8.00. The number of aromatic nitrogens is 1. The molecule has 0 aliphatic carbocycles. The van der Waals surface area contributed by atoms with Gasteiger partial charge in [0, 0.05) is 27.8 Å². The molecule has 0 saturated heterocycles. The molecule has 0 unspecified atom stereocenters. The van der Waals surface area contributed by atoms with Gasteiger partial charge in [-0.25, -0.2) is 4.79 Å². The number of carbonyl (C=O) groups is 1. The van der Waals surface area contributed by atoms with E-state index in [1.165, 1.54) is 4.57 Å². The maximum atomic E-state index is 13.0. The van der Waals surface area contributed by atoms with Crippen molar-refractivity contribution < 1.29 is 9.21 Å². The highest BCUT2D eigenvalue weighted by Gasteiger charge is 2.25. The van der Waals surface area contributed by atoms with E-state index in [0.717, 1.165) is 17.0 Å². The van der Waals surface area contributed by atoms with Crippen LogP contribution in [0.2, 0.25) is 5.02 Å². The molecular weight excluding hydrogens is 372 g/mol. The summed E-state index contributed by atoms with van der Waals surface area (Å²) in [4.78, 5) is 28.1. The number of hydrogen-bond donors (Lipinski definition) is 0. The van der Waals surface area contributed by atoms with Gasteiger partial charge < -0.3 is 9.32 Å². The van der Waals surface area contributed by atoms with Crippen molar-refractivity contribution in [2.75, 3.05) is 11.4 Å². The molecule has 7 heteroatoms. The van der Waals surface area contributed by atoms with Crippen LogP contribution in [0.3, 0.4) is 0 Å². The number of carbonyl (C=O) groups excluding carboxylic acids is 1. The molecule has 134 valence electrons. The van der Waals surface area contributed by atoms with E-state index < -0.39 is 5.76 Å². The van der Waals surface area contributed by atoms with Crippen LogP contribution in [0.1, 0.15) is 13.3 Å². The fourth-order valence-electron chi connectivity index (χ4n) is 3.16. The fourth-order valence-corrected chi connectivity index (χ4v) is 4.43. The maximum Gasteiger partial charge on any atom is 0.420 e. The number of para-hydroxylation sites is 1. The molecule has 1 aromatic heterocycles. The van der Waals surface area contributed by atoms with Gasteiger partial charge in [0.15, 0.2) is 5.58 Å². The van der Waals surface area contributed by atoms with Crippen LogP contribution in [-0.2, 0) is 11.3 Å². The molecule has 1 amide bonds. The number of rotatable bonds is 2. The molecule has 5 nitrogen and oxygen atoms in total. The monoisotopic (exact) mass is 388 g/mol. The normalized spacial score (nSPS) is 17.2. The quantitative estimate of drug-likeness (QED) is 0.661.